The number of rotatable bonds is 5. The molecule has 0 bridgehead atoms. The van der Waals surface area contributed by atoms with Crippen molar-refractivity contribution in [1.29, 1.82) is 0 Å². The summed E-state index contributed by atoms with van der Waals surface area (Å²) in [5.74, 6) is -0.223. The number of hydrogen-bond donors (Lipinski definition) is 1. The van der Waals surface area contributed by atoms with Crippen LogP contribution in [0.1, 0.15) is 33.0 Å². The van der Waals surface area contributed by atoms with E-state index in [0.717, 1.165) is 11.3 Å². The van der Waals surface area contributed by atoms with Gasteiger partial charge in [-0.3, -0.25) is 24.3 Å². The Bertz CT molecular complexity index is 1020. The normalized spacial score (nSPS) is 10.8. The predicted molar refractivity (Wildman–Crippen MR) is 99.8 cm³/mol. The molecule has 9 nitrogen and oxygen atoms in total. The molecule has 3 aromatic rings. The molecule has 0 atom stereocenters. The summed E-state index contributed by atoms with van der Waals surface area (Å²) in [6.07, 6.45) is 1.61. The van der Waals surface area contributed by atoms with Crippen LogP contribution in [0.15, 0.2) is 30.5 Å². The van der Waals surface area contributed by atoms with Gasteiger partial charge in [-0.25, -0.2) is 0 Å². The topological polar surface area (TPSA) is 108 Å². The number of anilines is 1. The van der Waals surface area contributed by atoms with Crippen LogP contribution in [-0.2, 0) is 13.6 Å². The molecule has 0 fully saturated rings. The van der Waals surface area contributed by atoms with E-state index in [0.29, 0.717) is 29.2 Å². The third-order valence-electron chi connectivity index (χ3n) is 4.56. The van der Waals surface area contributed by atoms with Gasteiger partial charge >= 0.3 is 5.69 Å². The van der Waals surface area contributed by atoms with Gasteiger partial charge in [0.1, 0.15) is 11.4 Å². The van der Waals surface area contributed by atoms with Gasteiger partial charge in [0.2, 0.25) is 0 Å². The van der Waals surface area contributed by atoms with Gasteiger partial charge < -0.3 is 5.32 Å². The van der Waals surface area contributed by atoms with Gasteiger partial charge in [0, 0.05) is 12.6 Å². The maximum absolute atomic E-state index is 12.4. The molecule has 0 unspecified atom stereocenters. The van der Waals surface area contributed by atoms with Crippen molar-refractivity contribution >= 4 is 17.3 Å². The molecule has 9 heteroatoms. The largest absolute Gasteiger partial charge is 0.319 e. The average molecular weight is 368 g/mol. The van der Waals surface area contributed by atoms with Crippen molar-refractivity contribution in [2.24, 2.45) is 7.05 Å². The Morgan fingerprint density at radius 2 is 1.85 bits per heavy atom. The second-order valence-corrected chi connectivity index (χ2v) is 6.35. The third-order valence-corrected chi connectivity index (χ3v) is 4.56. The molecule has 0 saturated carbocycles. The SMILES string of the molecule is Cc1nn(Cc2ccc(C(=O)Nc3cnn(C)c3C)cc2)c(C)c1[N+](=O)[O-]. The van der Waals surface area contributed by atoms with E-state index in [1.807, 2.05) is 26.1 Å². The van der Waals surface area contributed by atoms with Crippen molar-refractivity contribution in [3.63, 3.8) is 0 Å². The second-order valence-electron chi connectivity index (χ2n) is 6.35. The van der Waals surface area contributed by atoms with Gasteiger partial charge in [0.05, 0.1) is 29.0 Å². The van der Waals surface area contributed by atoms with Crippen LogP contribution >= 0.6 is 0 Å². The maximum Gasteiger partial charge on any atom is 0.312 e. The van der Waals surface area contributed by atoms with E-state index in [1.54, 1.807) is 41.5 Å². The smallest absolute Gasteiger partial charge is 0.312 e. The molecule has 1 amide bonds. The zero-order chi connectivity index (χ0) is 19.7. The van der Waals surface area contributed by atoms with Crippen LogP contribution in [0.2, 0.25) is 0 Å². The van der Waals surface area contributed by atoms with E-state index in [1.165, 1.54) is 0 Å². The fraction of sp³-hybridized carbons (Fsp3) is 0.278. The number of nitro groups is 1. The Hall–Kier alpha value is -3.49. The van der Waals surface area contributed by atoms with Gasteiger partial charge in [-0.15, -0.1) is 0 Å². The fourth-order valence-corrected chi connectivity index (χ4v) is 2.86. The molecule has 2 heterocycles. The van der Waals surface area contributed by atoms with Crippen LogP contribution in [0.5, 0.6) is 0 Å². The molecule has 1 N–H and O–H groups in total. The standard InChI is InChI=1S/C18H20N6O3/c1-11-17(24(26)27)13(3)23(21-11)10-14-5-7-15(8-6-14)18(25)20-16-9-19-22(4)12(16)2/h5-9H,10H2,1-4H3,(H,20,25). The van der Waals surface area contributed by atoms with E-state index >= 15 is 0 Å². The Labute approximate surface area is 155 Å². The molecule has 1 aromatic carbocycles. The lowest BCUT2D eigenvalue weighted by molar-refractivity contribution is -0.386. The summed E-state index contributed by atoms with van der Waals surface area (Å²) < 4.78 is 3.29. The van der Waals surface area contributed by atoms with E-state index in [9.17, 15) is 14.9 Å². The first-order valence-corrected chi connectivity index (χ1v) is 8.35. The molecular weight excluding hydrogens is 348 g/mol. The van der Waals surface area contributed by atoms with E-state index < -0.39 is 4.92 Å². The van der Waals surface area contributed by atoms with Crippen molar-refractivity contribution in [1.82, 2.24) is 19.6 Å². The van der Waals surface area contributed by atoms with Gasteiger partial charge in [0.15, 0.2) is 0 Å². The van der Waals surface area contributed by atoms with Gasteiger partial charge in [0.25, 0.3) is 5.91 Å². The second kappa shape index (κ2) is 7.02. The first-order chi connectivity index (χ1) is 12.8. The third kappa shape index (κ3) is 3.57. The van der Waals surface area contributed by atoms with Crippen molar-refractivity contribution in [3.05, 3.63) is 68.8 Å². The summed E-state index contributed by atoms with van der Waals surface area (Å²) >= 11 is 0. The summed E-state index contributed by atoms with van der Waals surface area (Å²) in [5.41, 5.74) is 3.88. The highest BCUT2D eigenvalue weighted by molar-refractivity contribution is 6.04. The molecule has 0 aliphatic carbocycles. The van der Waals surface area contributed by atoms with Crippen molar-refractivity contribution in [2.45, 2.75) is 27.3 Å². The van der Waals surface area contributed by atoms with Crippen LogP contribution < -0.4 is 5.32 Å². The minimum atomic E-state index is -0.415. The fourth-order valence-electron chi connectivity index (χ4n) is 2.86. The number of benzene rings is 1. The van der Waals surface area contributed by atoms with Crippen LogP contribution in [0, 0.1) is 30.9 Å². The lowest BCUT2D eigenvalue weighted by Crippen LogP contribution is -2.12. The number of hydrogen-bond acceptors (Lipinski definition) is 5. The summed E-state index contributed by atoms with van der Waals surface area (Å²) in [6, 6.07) is 7.06. The zero-order valence-corrected chi connectivity index (χ0v) is 15.6. The monoisotopic (exact) mass is 368 g/mol. The molecule has 0 spiro atoms. The molecule has 140 valence electrons. The zero-order valence-electron chi connectivity index (χ0n) is 15.6. The Morgan fingerprint density at radius 3 is 2.37 bits per heavy atom. The summed E-state index contributed by atoms with van der Waals surface area (Å²) in [6.45, 7) is 5.56. The minimum absolute atomic E-state index is 0.0397. The molecule has 0 aliphatic heterocycles. The number of nitrogens with zero attached hydrogens (tertiary/aromatic N) is 5. The van der Waals surface area contributed by atoms with Crippen LogP contribution in [-0.4, -0.2) is 30.4 Å². The van der Waals surface area contributed by atoms with Gasteiger partial charge in [-0.2, -0.15) is 10.2 Å². The summed E-state index contributed by atoms with van der Waals surface area (Å²) in [7, 11) is 1.81. The van der Waals surface area contributed by atoms with Crippen LogP contribution in [0.3, 0.4) is 0 Å². The molecule has 0 aliphatic rings. The molecule has 27 heavy (non-hydrogen) atoms. The number of aromatic nitrogens is 4. The van der Waals surface area contributed by atoms with Crippen LogP contribution in [0.25, 0.3) is 0 Å². The number of carbonyl (C=O) groups excluding carboxylic acids is 1. The van der Waals surface area contributed by atoms with Crippen molar-refractivity contribution < 1.29 is 9.72 Å². The highest BCUT2D eigenvalue weighted by Gasteiger charge is 2.21. The quantitative estimate of drug-likeness (QED) is 0.550. The first kappa shape index (κ1) is 18.3. The average Bonchev–Trinajstić information content (AvgIpc) is 3.08. The Balaban J connectivity index is 1.74. The lowest BCUT2D eigenvalue weighted by atomic mass is 10.1. The molecular formula is C18H20N6O3. The van der Waals surface area contributed by atoms with Gasteiger partial charge in [-0.05, 0) is 38.5 Å². The van der Waals surface area contributed by atoms with Gasteiger partial charge in [-0.1, -0.05) is 12.1 Å². The Kier molecular flexibility index (Phi) is 4.76. The van der Waals surface area contributed by atoms with E-state index in [4.69, 9.17) is 0 Å². The van der Waals surface area contributed by atoms with Crippen LogP contribution in [0.4, 0.5) is 11.4 Å². The Morgan fingerprint density at radius 1 is 1.19 bits per heavy atom. The van der Waals surface area contributed by atoms with Crippen molar-refractivity contribution in [3.8, 4) is 0 Å². The van der Waals surface area contributed by atoms with Crippen molar-refractivity contribution in [2.75, 3.05) is 5.32 Å². The summed E-state index contributed by atoms with van der Waals surface area (Å²) in [4.78, 5) is 23.1. The predicted octanol–water partition coefficient (Wildman–Crippen LogP) is 2.75. The highest BCUT2D eigenvalue weighted by atomic mass is 16.6. The molecule has 0 saturated heterocycles. The molecule has 3 rings (SSSR count). The lowest BCUT2D eigenvalue weighted by Gasteiger charge is -2.07. The van der Waals surface area contributed by atoms with E-state index in [-0.39, 0.29) is 11.6 Å². The number of aryl methyl sites for hydroxylation is 2. The number of amides is 1. The number of carbonyl (C=O) groups is 1. The highest BCUT2D eigenvalue weighted by Crippen LogP contribution is 2.22. The van der Waals surface area contributed by atoms with E-state index in [2.05, 4.69) is 15.5 Å². The first-order valence-electron chi connectivity index (χ1n) is 8.35. The minimum Gasteiger partial charge on any atom is -0.319 e. The molecule has 0 radical (unpaired) electrons. The number of nitrogens with one attached hydrogen (secondary N) is 1. The summed E-state index contributed by atoms with van der Waals surface area (Å²) in [5, 5.41) is 22.3. The maximum atomic E-state index is 12.4. The molecule has 2 aromatic heterocycles.